The Balaban J connectivity index is 3.19. The average Bonchev–Trinajstić information content (AvgIpc) is 1.98. The summed E-state index contributed by atoms with van der Waals surface area (Å²) in [7, 11) is 0. The Bertz CT molecular complexity index is 149. The van der Waals surface area contributed by atoms with E-state index in [9.17, 15) is 9.59 Å². The maximum absolute atomic E-state index is 10.4. The van der Waals surface area contributed by atoms with Gasteiger partial charge in [0.25, 0.3) is 0 Å². The Hall–Kier alpha value is -1.15. The van der Waals surface area contributed by atoms with Crippen LogP contribution in [0, 0.1) is 0 Å². The number of isocyanates is 1. The Morgan fingerprint density at radius 3 is 2.90 bits per heavy atom. The van der Waals surface area contributed by atoms with Gasteiger partial charge in [0.05, 0.1) is 6.54 Å². The molecule has 0 aromatic carbocycles. The highest BCUT2D eigenvalue weighted by Crippen LogP contribution is 1.83. The third-order valence-electron chi connectivity index (χ3n) is 0.819. The first-order chi connectivity index (χ1) is 4.81. The summed E-state index contributed by atoms with van der Waals surface area (Å²) >= 11 is 0. The van der Waals surface area contributed by atoms with E-state index in [1.165, 1.54) is 6.08 Å². The Morgan fingerprint density at radius 2 is 2.40 bits per heavy atom. The minimum Gasteiger partial charge on any atom is -0.464 e. The van der Waals surface area contributed by atoms with Crippen LogP contribution in [0.1, 0.15) is 13.3 Å². The van der Waals surface area contributed by atoms with Gasteiger partial charge in [-0.25, -0.2) is 9.79 Å². The zero-order valence-electron chi connectivity index (χ0n) is 5.79. The van der Waals surface area contributed by atoms with Crippen LogP contribution < -0.4 is 0 Å². The van der Waals surface area contributed by atoms with Crippen molar-refractivity contribution in [1.82, 2.24) is 0 Å². The van der Waals surface area contributed by atoms with Crippen molar-refractivity contribution in [3.05, 3.63) is 0 Å². The zero-order chi connectivity index (χ0) is 7.82. The number of esters is 1. The lowest BCUT2D eigenvalue weighted by atomic mass is 10.5. The lowest BCUT2D eigenvalue weighted by molar-refractivity contribution is -0.142. The van der Waals surface area contributed by atoms with Crippen molar-refractivity contribution in [1.29, 1.82) is 0 Å². The smallest absolute Gasteiger partial charge is 0.305 e. The first kappa shape index (κ1) is 8.85. The number of nitrogens with zero attached hydrogens (tertiary/aromatic N) is 1. The molecule has 0 N–H and O–H groups in total. The molecule has 0 bridgehead atoms. The number of carbonyl (C=O) groups excluding carboxylic acids is 2. The van der Waals surface area contributed by atoms with Crippen LogP contribution in [0.2, 0.25) is 0 Å². The summed E-state index contributed by atoms with van der Waals surface area (Å²) in [6.45, 7) is 2.07. The van der Waals surface area contributed by atoms with E-state index in [0.29, 0.717) is 6.42 Å². The minimum atomic E-state index is -0.277. The summed E-state index contributed by atoms with van der Waals surface area (Å²) in [5.74, 6) is -0.277. The summed E-state index contributed by atoms with van der Waals surface area (Å²) in [6, 6.07) is 0. The van der Waals surface area contributed by atoms with Gasteiger partial charge in [0, 0.05) is 6.42 Å². The molecule has 0 saturated heterocycles. The first-order valence-corrected chi connectivity index (χ1v) is 3.00. The molecule has 0 unspecified atom stereocenters. The number of hydrogen-bond donors (Lipinski definition) is 0. The molecule has 0 radical (unpaired) electrons. The predicted octanol–water partition coefficient (Wildman–Crippen LogP) is 0.275. The maximum atomic E-state index is 10.4. The molecule has 0 saturated carbocycles. The minimum absolute atomic E-state index is 0.169. The molecule has 0 heterocycles. The van der Waals surface area contributed by atoms with Crippen molar-refractivity contribution >= 4 is 12.0 Å². The van der Waals surface area contributed by atoms with Gasteiger partial charge in [0.1, 0.15) is 6.61 Å². The van der Waals surface area contributed by atoms with Crippen molar-refractivity contribution in [3.8, 4) is 0 Å². The van der Waals surface area contributed by atoms with Crippen LogP contribution in [0.4, 0.5) is 0 Å². The van der Waals surface area contributed by atoms with Crippen LogP contribution in [0.15, 0.2) is 4.99 Å². The van der Waals surface area contributed by atoms with Crippen LogP contribution in [-0.2, 0) is 14.3 Å². The molecule has 0 aliphatic heterocycles. The summed E-state index contributed by atoms with van der Waals surface area (Å²) in [5, 5.41) is 0. The molecule has 0 spiro atoms. The van der Waals surface area contributed by atoms with Gasteiger partial charge in [-0.15, -0.1) is 0 Å². The van der Waals surface area contributed by atoms with Crippen LogP contribution >= 0.6 is 0 Å². The fourth-order valence-electron chi connectivity index (χ4n) is 0.353. The molecular formula is C6H9NO3. The third kappa shape index (κ3) is 5.00. The van der Waals surface area contributed by atoms with Gasteiger partial charge in [-0.05, 0) is 0 Å². The van der Waals surface area contributed by atoms with Crippen molar-refractivity contribution in [3.63, 3.8) is 0 Å². The van der Waals surface area contributed by atoms with E-state index in [-0.39, 0.29) is 19.1 Å². The van der Waals surface area contributed by atoms with Crippen LogP contribution in [-0.4, -0.2) is 25.2 Å². The normalized spacial score (nSPS) is 8.10. The molecule has 0 aromatic heterocycles. The molecule has 4 nitrogen and oxygen atoms in total. The molecule has 10 heavy (non-hydrogen) atoms. The lowest BCUT2D eigenvalue weighted by Gasteiger charge is -1.97. The second-order valence-corrected chi connectivity index (χ2v) is 1.55. The monoisotopic (exact) mass is 143 g/mol. The second-order valence-electron chi connectivity index (χ2n) is 1.55. The fraction of sp³-hybridized carbons (Fsp3) is 0.667. The molecule has 0 aliphatic carbocycles. The quantitative estimate of drug-likeness (QED) is 0.246. The molecule has 0 aromatic rings. The van der Waals surface area contributed by atoms with E-state index in [0.717, 1.165) is 0 Å². The van der Waals surface area contributed by atoms with E-state index < -0.39 is 0 Å². The standard InChI is InChI=1S/C6H9NO3/c1-2-6(9)10-4-3-7-5-8/h2-4H2,1H3. The summed E-state index contributed by atoms with van der Waals surface area (Å²) in [4.78, 5) is 23.1. The highest BCUT2D eigenvalue weighted by Gasteiger charge is 1.94. The summed E-state index contributed by atoms with van der Waals surface area (Å²) in [5.41, 5.74) is 0. The van der Waals surface area contributed by atoms with E-state index in [4.69, 9.17) is 0 Å². The summed E-state index contributed by atoms with van der Waals surface area (Å²) < 4.78 is 4.58. The number of ether oxygens (including phenoxy) is 1. The maximum Gasteiger partial charge on any atom is 0.305 e. The van der Waals surface area contributed by atoms with Gasteiger partial charge in [0.2, 0.25) is 6.08 Å². The van der Waals surface area contributed by atoms with E-state index in [2.05, 4.69) is 9.73 Å². The Morgan fingerprint density at radius 1 is 1.70 bits per heavy atom. The number of aliphatic imine (C=N–C) groups is 1. The molecule has 0 atom stereocenters. The van der Waals surface area contributed by atoms with Crippen LogP contribution in [0.25, 0.3) is 0 Å². The van der Waals surface area contributed by atoms with Crippen LogP contribution in [0.3, 0.4) is 0 Å². The highest BCUT2D eigenvalue weighted by atomic mass is 16.5. The Kier molecular flexibility index (Phi) is 5.29. The van der Waals surface area contributed by atoms with E-state index >= 15 is 0 Å². The summed E-state index contributed by atoms with van der Waals surface area (Å²) in [6.07, 6.45) is 1.70. The zero-order valence-corrected chi connectivity index (χ0v) is 5.79. The van der Waals surface area contributed by atoms with Gasteiger partial charge in [-0.1, -0.05) is 6.92 Å². The highest BCUT2D eigenvalue weighted by molar-refractivity contribution is 5.68. The molecule has 0 fully saturated rings. The molecule has 0 rings (SSSR count). The number of carbonyl (C=O) groups is 1. The number of rotatable bonds is 4. The number of hydrogen-bond acceptors (Lipinski definition) is 4. The topological polar surface area (TPSA) is 55.7 Å². The van der Waals surface area contributed by atoms with E-state index in [1.54, 1.807) is 6.92 Å². The largest absolute Gasteiger partial charge is 0.464 e. The van der Waals surface area contributed by atoms with Crippen molar-refractivity contribution < 1.29 is 14.3 Å². The second kappa shape index (κ2) is 5.98. The van der Waals surface area contributed by atoms with Gasteiger partial charge in [0.15, 0.2) is 0 Å². The molecule has 4 heteroatoms. The molecule has 0 amide bonds. The SMILES string of the molecule is CCC(=O)OCCN=C=O. The third-order valence-corrected chi connectivity index (χ3v) is 0.819. The van der Waals surface area contributed by atoms with Gasteiger partial charge < -0.3 is 4.74 Å². The first-order valence-electron chi connectivity index (χ1n) is 3.00. The van der Waals surface area contributed by atoms with E-state index in [1.807, 2.05) is 0 Å². The fourth-order valence-corrected chi connectivity index (χ4v) is 0.353. The molecular weight excluding hydrogens is 134 g/mol. The van der Waals surface area contributed by atoms with Crippen molar-refractivity contribution in [2.75, 3.05) is 13.2 Å². The average molecular weight is 143 g/mol. The van der Waals surface area contributed by atoms with Crippen molar-refractivity contribution in [2.45, 2.75) is 13.3 Å². The van der Waals surface area contributed by atoms with Gasteiger partial charge >= 0.3 is 5.97 Å². The molecule has 0 aliphatic rings. The molecule has 56 valence electrons. The van der Waals surface area contributed by atoms with Gasteiger partial charge in [-0.3, -0.25) is 4.79 Å². The Labute approximate surface area is 58.9 Å². The van der Waals surface area contributed by atoms with Crippen LogP contribution in [0.5, 0.6) is 0 Å². The predicted molar refractivity (Wildman–Crippen MR) is 34.2 cm³/mol. The van der Waals surface area contributed by atoms with Gasteiger partial charge in [-0.2, -0.15) is 0 Å². The lowest BCUT2D eigenvalue weighted by Crippen LogP contribution is -2.05. The van der Waals surface area contributed by atoms with Crippen molar-refractivity contribution in [2.24, 2.45) is 4.99 Å².